The first kappa shape index (κ1) is 11.5. The van der Waals surface area contributed by atoms with E-state index >= 15 is 0 Å². The number of aryl methyl sites for hydroxylation is 1. The summed E-state index contributed by atoms with van der Waals surface area (Å²) in [6.45, 7) is 2.30. The van der Waals surface area contributed by atoms with Crippen molar-refractivity contribution in [1.82, 2.24) is 14.7 Å². The number of hydrogen-bond donors (Lipinski definition) is 1. The Morgan fingerprint density at radius 3 is 3.00 bits per heavy atom. The van der Waals surface area contributed by atoms with Crippen LogP contribution in [-0.4, -0.2) is 40.9 Å². The van der Waals surface area contributed by atoms with E-state index in [0.717, 1.165) is 18.3 Å². The van der Waals surface area contributed by atoms with E-state index in [-0.39, 0.29) is 0 Å². The first-order valence-electron chi connectivity index (χ1n) is 6.18. The van der Waals surface area contributed by atoms with Gasteiger partial charge in [0, 0.05) is 25.8 Å². The summed E-state index contributed by atoms with van der Waals surface area (Å²) in [6, 6.07) is 0.762. The highest BCUT2D eigenvalue weighted by molar-refractivity contribution is 5.37. The molecular weight excluding hydrogens is 200 g/mol. The molecule has 1 N–H and O–H groups in total. The molecule has 1 aromatic rings. The smallest absolute Gasteiger partial charge is 0.0726 e. The quantitative estimate of drug-likeness (QED) is 0.842. The predicted molar refractivity (Wildman–Crippen MR) is 66.6 cm³/mol. The molecule has 4 nitrogen and oxygen atoms in total. The molecule has 4 heteroatoms. The van der Waals surface area contributed by atoms with Gasteiger partial charge in [-0.1, -0.05) is 6.42 Å². The Morgan fingerprint density at radius 2 is 2.31 bits per heavy atom. The molecule has 2 rings (SSSR count). The van der Waals surface area contributed by atoms with E-state index in [1.54, 1.807) is 0 Å². The second-order valence-corrected chi connectivity index (χ2v) is 4.75. The third-order valence-corrected chi connectivity index (χ3v) is 3.43. The molecule has 0 amide bonds. The van der Waals surface area contributed by atoms with Crippen LogP contribution in [0.5, 0.6) is 0 Å². The largest absolute Gasteiger partial charge is 0.382 e. The number of hydrogen-bond acceptors (Lipinski definition) is 3. The van der Waals surface area contributed by atoms with Gasteiger partial charge in [0.15, 0.2) is 0 Å². The molecule has 1 aliphatic heterocycles. The van der Waals surface area contributed by atoms with Crippen LogP contribution in [0.3, 0.4) is 0 Å². The standard InChI is InChI=1S/C12H22N4/c1-15-8-4-3-5-12(15)6-7-13-11-9-14-16(2)10-11/h9-10,12-13H,3-8H2,1-2H3. The minimum Gasteiger partial charge on any atom is -0.382 e. The van der Waals surface area contributed by atoms with Gasteiger partial charge in [-0.2, -0.15) is 5.10 Å². The monoisotopic (exact) mass is 222 g/mol. The SMILES string of the molecule is CN1CCCCC1CCNc1cnn(C)c1. The molecule has 1 atom stereocenters. The molecule has 1 unspecified atom stereocenters. The fourth-order valence-electron chi connectivity index (χ4n) is 2.40. The minimum atomic E-state index is 0.762. The molecule has 1 saturated heterocycles. The first-order chi connectivity index (χ1) is 7.75. The van der Waals surface area contributed by atoms with Gasteiger partial charge < -0.3 is 10.2 Å². The molecule has 16 heavy (non-hydrogen) atoms. The van der Waals surface area contributed by atoms with Gasteiger partial charge in [0.2, 0.25) is 0 Å². The summed E-state index contributed by atoms with van der Waals surface area (Å²) in [5, 5.41) is 7.56. The summed E-state index contributed by atoms with van der Waals surface area (Å²) < 4.78 is 1.83. The molecular formula is C12H22N4. The van der Waals surface area contributed by atoms with E-state index in [1.165, 1.54) is 32.2 Å². The summed E-state index contributed by atoms with van der Waals surface area (Å²) in [7, 11) is 4.19. The molecule has 0 radical (unpaired) electrons. The van der Waals surface area contributed by atoms with Crippen molar-refractivity contribution in [3.8, 4) is 0 Å². The van der Waals surface area contributed by atoms with Crippen molar-refractivity contribution >= 4 is 5.69 Å². The van der Waals surface area contributed by atoms with E-state index in [2.05, 4.69) is 22.4 Å². The van der Waals surface area contributed by atoms with Gasteiger partial charge in [0.05, 0.1) is 11.9 Å². The highest BCUT2D eigenvalue weighted by Gasteiger charge is 2.17. The normalized spacial score (nSPS) is 22.2. The van der Waals surface area contributed by atoms with Gasteiger partial charge in [-0.15, -0.1) is 0 Å². The van der Waals surface area contributed by atoms with Crippen molar-refractivity contribution in [1.29, 1.82) is 0 Å². The van der Waals surface area contributed by atoms with Crippen LogP contribution in [0, 0.1) is 0 Å². The van der Waals surface area contributed by atoms with E-state index in [4.69, 9.17) is 0 Å². The van der Waals surface area contributed by atoms with Crippen LogP contribution in [-0.2, 0) is 7.05 Å². The number of likely N-dealkylation sites (tertiary alicyclic amines) is 1. The summed E-state index contributed by atoms with van der Waals surface area (Å²) in [5.41, 5.74) is 1.13. The maximum atomic E-state index is 4.14. The van der Waals surface area contributed by atoms with Crippen molar-refractivity contribution in [2.24, 2.45) is 7.05 Å². The molecule has 0 saturated carbocycles. The Kier molecular flexibility index (Phi) is 3.83. The number of rotatable bonds is 4. The van der Waals surface area contributed by atoms with Crippen molar-refractivity contribution in [3.05, 3.63) is 12.4 Å². The van der Waals surface area contributed by atoms with Gasteiger partial charge in [0.1, 0.15) is 0 Å². The lowest BCUT2D eigenvalue weighted by atomic mass is 10.0. The van der Waals surface area contributed by atoms with Crippen LogP contribution in [0.25, 0.3) is 0 Å². The summed E-state index contributed by atoms with van der Waals surface area (Å²) in [6.07, 6.45) is 9.23. The van der Waals surface area contributed by atoms with Crippen LogP contribution in [0.4, 0.5) is 5.69 Å². The van der Waals surface area contributed by atoms with E-state index < -0.39 is 0 Å². The van der Waals surface area contributed by atoms with E-state index in [1.807, 2.05) is 24.1 Å². The lowest BCUT2D eigenvalue weighted by molar-refractivity contribution is 0.179. The molecule has 0 spiro atoms. The average molecular weight is 222 g/mol. The molecule has 1 aromatic heterocycles. The summed E-state index contributed by atoms with van der Waals surface area (Å²) >= 11 is 0. The summed E-state index contributed by atoms with van der Waals surface area (Å²) in [4.78, 5) is 2.49. The van der Waals surface area contributed by atoms with Gasteiger partial charge in [0.25, 0.3) is 0 Å². The van der Waals surface area contributed by atoms with Crippen LogP contribution < -0.4 is 5.32 Å². The van der Waals surface area contributed by atoms with Crippen molar-refractivity contribution in [2.45, 2.75) is 31.7 Å². The van der Waals surface area contributed by atoms with Crippen molar-refractivity contribution in [3.63, 3.8) is 0 Å². The third-order valence-electron chi connectivity index (χ3n) is 3.43. The maximum Gasteiger partial charge on any atom is 0.0726 e. The summed E-state index contributed by atoms with van der Waals surface area (Å²) in [5.74, 6) is 0. The molecule has 0 aromatic carbocycles. The lowest BCUT2D eigenvalue weighted by Gasteiger charge is -2.32. The van der Waals surface area contributed by atoms with Crippen LogP contribution in [0.1, 0.15) is 25.7 Å². The Morgan fingerprint density at radius 1 is 1.44 bits per heavy atom. The topological polar surface area (TPSA) is 33.1 Å². The molecule has 1 aliphatic rings. The number of nitrogens with zero attached hydrogens (tertiary/aromatic N) is 3. The van der Waals surface area contributed by atoms with Crippen molar-refractivity contribution in [2.75, 3.05) is 25.5 Å². The van der Waals surface area contributed by atoms with Gasteiger partial charge >= 0.3 is 0 Å². The highest BCUT2D eigenvalue weighted by Crippen LogP contribution is 2.17. The second kappa shape index (κ2) is 5.34. The Labute approximate surface area is 97.6 Å². The maximum absolute atomic E-state index is 4.14. The fourth-order valence-corrected chi connectivity index (χ4v) is 2.40. The molecule has 0 bridgehead atoms. The zero-order chi connectivity index (χ0) is 11.4. The average Bonchev–Trinajstić information content (AvgIpc) is 2.67. The van der Waals surface area contributed by atoms with Crippen LogP contribution in [0.2, 0.25) is 0 Å². The Bertz CT molecular complexity index is 321. The number of piperidine rings is 1. The van der Waals surface area contributed by atoms with E-state index in [0.29, 0.717) is 0 Å². The van der Waals surface area contributed by atoms with Gasteiger partial charge in [-0.05, 0) is 32.9 Å². The van der Waals surface area contributed by atoms with E-state index in [9.17, 15) is 0 Å². The predicted octanol–water partition coefficient (Wildman–Crippen LogP) is 1.71. The molecule has 90 valence electrons. The number of anilines is 1. The second-order valence-electron chi connectivity index (χ2n) is 4.75. The van der Waals surface area contributed by atoms with Crippen LogP contribution in [0.15, 0.2) is 12.4 Å². The first-order valence-corrected chi connectivity index (χ1v) is 6.18. The molecule has 1 fully saturated rings. The zero-order valence-corrected chi connectivity index (χ0v) is 10.3. The van der Waals surface area contributed by atoms with Gasteiger partial charge in [-0.25, -0.2) is 0 Å². The fraction of sp³-hybridized carbons (Fsp3) is 0.750. The third kappa shape index (κ3) is 2.98. The van der Waals surface area contributed by atoms with Crippen LogP contribution >= 0.6 is 0 Å². The zero-order valence-electron chi connectivity index (χ0n) is 10.3. The molecule has 0 aliphatic carbocycles. The number of aromatic nitrogens is 2. The Balaban J connectivity index is 1.71. The molecule has 2 heterocycles. The Hall–Kier alpha value is -1.03. The van der Waals surface area contributed by atoms with Gasteiger partial charge in [-0.3, -0.25) is 4.68 Å². The minimum absolute atomic E-state index is 0.762. The number of nitrogens with one attached hydrogen (secondary N) is 1. The highest BCUT2D eigenvalue weighted by atomic mass is 15.3. The van der Waals surface area contributed by atoms with Crippen molar-refractivity contribution < 1.29 is 0 Å². The lowest BCUT2D eigenvalue weighted by Crippen LogP contribution is -2.37.